The van der Waals surface area contributed by atoms with Crippen LogP contribution in [0, 0.1) is 0 Å². The van der Waals surface area contributed by atoms with E-state index in [1.54, 1.807) is 0 Å². The Kier molecular flexibility index (Phi) is 0.588. The topological polar surface area (TPSA) is 89.9 Å². The fraction of sp³-hybridized carbons (Fsp3) is 0. The molecule has 0 fully saturated rings. The molecule has 3 N–H and O–H groups in total. The molecule has 1 aromatic heterocycles. The molecule has 0 aliphatic carbocycles. The lowest BCUT2D eigenvalue weighted by molar-refractivity contribution is 0.149. The minimum Gasteiger partial charge on any atom is -0.408 e. The molecule has 0 aliphatic heterocycles. The van der Waals surface area contributed by atoms with Crippen molar-refractivity contribution in [2.24, 2.45) is 0 Å². The lowest BCUT2D eigenvalue weighted by Gasteiger charge is -1.80. The summed E-state index contributed by atoms with van der Waals surface area (Å²) in [6.45, 7) is 0. The van der Waals surface area contributed by atoms with E-state index in [9.17, 15) is 0 Å². The highest BCUT2D eigenvalue weighted by Crippen LogP contribution is 1.81. The zero-order chi connectivity index (χ0) is 5.28. The smallest absolute Gasteiger partial charge is 0.278 e. The van der Waals surface area contributed by atoms with Gasteiger partial charge >= 0.3 is 0 Å². The normalized spacial score (nSPS) is 9.14. The second-order valence-corrected chi connectivity index (χ2v) is 0.927. The Morgan fingerprint density at radius 3 is 2.57 bits per heavy atom. The first-order valence-electron chi connectivity index (χ1n) is 1.54. The summed E-state index contributed by atoms with van der Waals surface area (Å²) in [6, 6.07) is 0. The zero-order valence-electron chi connectivity index (χ0n) is 3.31. The van der Waals surface area contributed by atoms with Crippen LogP contribution in [0.25, 0.3) is 0 Å². The standard InChI is InChI=1S/CH3N5O/c2-1-3-4-5-6(1)7/h7H,(H2,2,3,5). The maximum absolute atomic E-state index is 8.31. The SMILES string of the molecule is Nc1nnnn1O. The van der Waals surface area contributed by atoms with Gasteiger partial charge in [0, 0.05) is 0 Å². The molecule has 38 valence electrons. The van der Waals surface area contributed by atoms with Crippen molar-refractivity contribution in [2.75, 3.05) is 5.73 Å². The molecule has 6 nitrogen and oxygen atoms in total. The van der Waals surface area contributed by atoms with Crippen LogP contribution in [0.2, 0.25) is 0 Å². The second kappa shape index (κ2) is 1.07. The van der Waals surface area contributed by atoms with Gasteiger partial charge in [-0.15, -0.1) is 0 Å². The number of rotatable bonds is 0. The van der Waals surface area contributed by atoms with Gasteiger partial charge in [-0.1, -0.05) is 5.10 Å². The van der Waals surface area contributed by atoms with Crippen molar-refractivity contribution in [2.45, 2.75) is 0 Å². The third-order valence-electron chi connectivity index (χ3n) is 0.477. The summed E-state index contributed by atoms with van der Waals surface area (Å²) in [5, 5.41) is 17.5. The molecular formula is CH3N5O. The second-order valence-electron chi connectivity index (χ2n) is 0.927. The van der Waals surface area contributed by atoms with Gasteiger partial charge in [0.1, 0.15) is 0 Å². The predicted octanol–water partition coefficient (Wildman–Crippen LogP) is -1.51. The average Bonchev–Trinajstić information content (AvgIpc) is 1.91. The van der Waals surface area contributed by atoms with Crippen LogP contribution in [-0.4, -0.2) is 25.6 Å². The van der Waals surface area contributed by atoms with Gasteiger partial charge in [0.05, 0.1) is 0 Å². The van der Waals surface area contributed by atoms with Crippen LogP contribution in [0.4, 0.5) is 5.95 Å². The summed E-state index contributed by atoms with van der Waals surface area (Å²) in [5.74, 6) is -0.111. The van der Waals surface area contributed by atoms with Gasteiger partial charge in [0.15, 0.2) is 0 Å². The van der Waals surface area contributed by atoms with Crippen LogP contribution in [0.1, 0.15) is 0 Å². The number of hydrogen-bond donors (Lipinski definition) is 2. The van der Waals surface area contributed by atoms with Crippen LogP contribution in [0.5, 0.6) is 0 Å². The summed E-state index contributed by atoms with van der Waals surface area (Å²) in [7, 11) is 0. The molecule has 0 radical (unpaired) electrons. The third kappa shape index (κ3) is 0.443. The van der Waals surface area contributed by atoms with E-state index in [2.05, 4.69) is 15.5 Å². The number of hydrogen-bond acceptors (Lipinski definition) is 5. The predicted molar refractivity (Wildman–Crippen MR) is 19.4 cm³/mol. The molecule has 0 amide bonds. The van der Waals surface area contributed by atoms with Crippen LogP contribution in [-0.2, 0) is 0 Å². The van der Waals surface area contributed by atoms with E-state index in [1.165, 1.54) is 0 Å². The highest BCUT2D eigenvalue weighted by atomic mass is 16.5. The first-order valence-corrected chi connectivity index (χ1v) is 1.54. The van der Waals surface area contributed by atoms with Crippen molar-refractivity contribution >= 4 is 5.95 Å². The maximum Gasteiger partial charge on any atom is 0.278 e. The third-order valence-corrected chi connectivity index (χ3v) is 0.477. The van der Waals surface area contributed by atoms with Crippen LogP contribution < -0.4 is 5.73 Å². The summed E-state index contributed by atoms with van der Waals surface area (Å²) in [5.41, 5.74) is 4.92. The largest absolute Gasteiger partial charge is 0.408 e. The van der Waals surface area contributed by atoms with Gasteiger partial charge in [-0.2, -0.15) is 0 Å². The van der Waals surface area contributed by atoms with Gasteiger partial charge in [0.2, 0.25) is 0 Å². The van der Waals surface area contributed by atoms with Gasteiger partial charge in [-0.25, -0.2) is 0 Å². The fourth-order valence-corrected chi connectivity index (χ4v) is 0.190. The fourth-order valence-electron chi connectivity index (χ4n) is 0.190. The van der Waals surface area contributed by atoms with Gasteiger partial charge in [0.25, 0.3) is 5.95 Å². The molecule has 0 spiro atoms. The van der Waals surface area contributed by atoms with Crippen LogP contribution in [0.15, 0.2) is 0 Å². The Labute approximate surface area is 38.5 Å². The quantitative estimate of drug-likeness (QED) is 0.388. The number of nitrogen functional groups attached to an aromatic ring is 1. The Hall–Kier alpha value is -1.33. The molecular weight excluding hydrogens is 98.0 g/mol. The van der Waals surface area contributed by atoms with E-state index in [4.69, 9.17) is 10.9 Å². The number of anilines is 1. The van der Waals surface area contributed by atoms with E-state index in [1.807, 2.05) is 0 Å². The van der Waals surface area contributed by atoms with E-state index in [-0.39, 0.29) is 5.95 Å². The first kappa shape index (κ1) is 3.85. The lowest BCUT2D eigenvalue weighted by atomic mass is 11.1. The monoisotopic (exact) mass is 101 g/mol. The van der Waals surface area contributed by atoms with Crippen molar-refractivity contribution in [3.63, 3.8) is 0 Å². The molecule has 1 rings (SSSR count). The summed E-state index contributed by atoms with van der Waals surface area (Å²) in [6.07, 6.45) is 0. The molecule has 0 bridgehead atoms. The van der Waals surface area contributed by atoms with Gasteiger partial charge in [-0.3, -0.25) is 0 Å². The molecule has 1 heterocycles. The van der Waals surface area contributed by atoms with E-state index in [0.29, 0.717) is 4.85 Å². The van der Waals surface area contributed by atoms with Crippen LogP contribution in [0.3, 0.4) is 0 Å². The molecule has 0 atom stereocenters. The minimum atomic E-state index is -0.111. The van der Waals surface area contributed by atoms with Crippen molar-refractivity contribution in [3.05, 3.63) is 0 Å². The molecule has 0 saturated heterocycles. The first-order chi connectivity index (χ1) is 3.30. The van der Waals surface area contributed by atoms with Gasteiger partial charge < -0.3 is 10.9 Å². The summed E-state index contributed by atoms with van der Waals surface area (Å²) >= 11 is 0. The highest BCUT2D eigenvalue weighted by Gasteiger charge is 1.91. The zero-order valence-corrected chi connectivity index (χ0v) is 3.31. The molecule has 0 aromatic carbocycles. The number of tetrazole rings is 1. The summed E-state index contributed by atoms with van der Waals surface area (Å²) in [4.78, 5) is 0.389. The molecule has 0 aliphatic rings. The Morgan fingerprint density at radius 2 is 2.43 bits per heavy atom. The minimum absolute atomic E-state index is 0.111. The highest BCUT2D eigenvalue weighted by molar-refractivity contribution is 5.07. The van der Waals surface area contributed by atoms with Crippen molar-refractivity contribution in [1.29, 1.82) is 0 Å². The van der Waals surface area contributed by atoms with Crippen molar-refractivity contribution < 1.29 is 5.21 Å². The van der Waals surface area contributed by atoms with E-state index >= 15 is 0 Å². The lowest BCUT2D eigenvalue weighted by Crippen LogP contribution is -1.99. The van der Waals surface area contributed by atoms with Crippen molar-refractivity contribution in [1.82, 2.24) is 20.4 Å². The number of nitrogens with zero attached hydrogens (tertiary/aromatic N) is 4. The van der Waals surface area contributed by atoms with E-state index < -0.39 is 0 Å². The molecule has 0 unspecified atom stereocenters. The Morgan fingerprint density at radius 1 is 1.71 bits per heavy atom. The maximum atomic E-state index is 8.31. The number of nitrogens with two attached hydrogens (primary N) is 1. The Balaban J connectivity index is 3.12. The molecule has 7 heavy (non-hydrogen) atoms. The van der Waals surface area contributed by atoms with Crippen molar-refractivity contribution in [3.8, 4) is 0 Å². The van der Waals surface area contributed by atoms with E-state index in [0.717, 1.165) is 0 Å². The van der Waals surface area contributed by atoms with Crippen LogP contribution >= 0.6 is 0 Å². The van der Waals surface area contributed by atoms with Gasteiger partial charge in [-0.05, 0) is 15.3 Å². The molecule has 6 heteroatoms. The number of aromatic nitrogens is 4. The Bertz CT molecular complexity index is 140. The average molecular weight is 101 g/mol. The molecule has 0 saturated carbocycles. The summed E-state index contributed by atoms with van der Waals surface area (Å²) < 4.78 is 0. The molecule has 1 aromatic rings.